The minimum atomic E-state index is -0.213. The van der Waals surface area contributed by atoms with Gasteiger partial charge in [-0.1, -0.05) is 30.3 Å². The molecule has 1 unspecified atom stereocenters. The van der Waals surface area contributed by atoms with Gasteiger partial charge in [0.2, 0.25) is 5.75 Å². The number of hydrogen-bond acceptors (Lipinski definition) is 6. The molecule has 0 aliphatic carbocycles. The van der Waals surface area contributed by atoms with Gasteiger partial charge < -0.3 is 29.0 Å². The normalized spacial score (nSPS) is 13.9. The molecule has 1 heterocycles. The lowest BCUT2D eigenvalue weighted by Gasteiger charge is -2.18. The van der Waals surface area contributed by atoms with Crippen molar-refractivity contribution in [1.82, 2.24) is 5.32 Å². The van der Waals surface area contributed by atoms with E-state index in [4.69, 9.17) is 23.7 Å². The SMILES string of the molecule is COc1cc(C(=O)NCCC2Cc3c(C)c(OCc4ccccc4)c(C)c(C)c3O2)cc(OC)c1OC. The van der Waals surface area contributed by atoms with Crippen molar-refractivity contribution in [1.29, 1.82) is 0 Å². The van der Waals surface area contributed by atoms with E-state index >= 15 is 0 Å². The van der Waals surface area contributed by atoms with Crippen molar-refractivity contribution in [3.05, 3.63) is 75.8 Å². The fourth-order valence-electron chi connectivity index (χ4n) is 4.76. The van der Waals surface area contributed by atoms with Gasteiger partial charge in [0.15, 0.2) is 11.5 Å². The first kappa shape index (κ1) is 26.2. The summed E-state index contributed by atoms with van der Waals surface area (Å²) in [5, 5.41) is 2.99. The summed E-state index contributed by atoms with van der Waals surface area (Å²) < 4.78 is 28.7. The molecule has 1 amide bonds. The number of rotatable bonds is 10. The fourth-order valence-corrected chi connectivity index (χ4v) is 4.76. The van der Waals surface area contributed by atoms with Gasteiger partial charge in [0.25, 0.3) is 5.91 Å². The Morgan fingerprint density at radius 3 is 2.22 bits per heavy atom. The van der Waals surface area contributed by atoms with E-state index in [2.05, 4.69) is 38.2 Å². The molecule has 0 bridgehead atoms. The summed E-state index contributed by atoms with van der Waals surface area (Å²) >= 11 is 0. The smallest absolute Gasteiger partial charge is 0.251 e. The Hall–Kier alpha value is -3.87. The van der Waals surface area contributed by atoms with E-state index in [1.807, 2.05) is 18.2 Å². The summed E-state index contributed by atoms with van der Waals surface area (Å²) in [4.78, 5) is 12.8. The molecule has 196 valence electrons. The van der Waals surface area contributed by atoms with Crippen molar-refractivity contribution >= 4 is 5.91 Å². The molecule has 7 heteroatoms. The predicted octanol–water partition coefficient (Wildman–Crippen LogP) is 5.34. The molecule has 3 aromatic carbocycles. The molecule has 0 aromatic heterocycles. The average molecular weight is 506 g/mol. The quantitative estimate of drug-likeness (QED) is 0.401. The van der Waals surface area contributed by atoms with Crippen molar-refractivity contribution in [2.75, 3.05) is 27.9 Å². The first-order valence-corrected chi connectivity index (χ1v) is 12.4. The van der Waals surface area contributed by atoms with E-state index in [0.29, 0.717) is 42.4 Å². The highest BCUT2D eigenvalue weighted by Crippen LogP contribution is 2.43. The molecule has 0 saturated heterocycles. The third kappa shape index (κ3) is 5.45. The van der Waals surface area contributed by atoms with E-state index in [0.717, 1.165) is 40.2 Å². The summed E-state index contributed by atoms with van der Waals surface area (Å²) in [6, 6.07) is 13.5. The van der Waals surface area contributed by atoms with Crippen LogP contribution in [0.5, 0.6) is 28.7 Å². The number of hydrogen-bond donors (Lipinski definition) is 1. The molecular weight excluding hydrogens is 470 g/mol. The van der Waals surface area contributed by atoms with Crippen molar-refractivity contribution in [2.24, 2.45) is 0 Å². The van der Waals surface area contributed by atoms with E-state index in [1.165, 1.54) is 26.9 Å². The molecule has 37 heavy (non-hydrogen) atoms. The zero-order valence-corrected chi connectivity index (χ0v) is 22.4. The van der Waals surface area contributed by atoms with Gasteiger partial charge in [-0.25, -0.2) is 0 Å². The van der Waals surface area contributed by atoms with Crippen LogP contribution in [-0.2, 0) is 13.0 Å². The van der Waals surface area contributed by atoms with Crippen LogP contribution in [0.1, 0.15) is 44.6 Å². The van der Waals surface area contributed by atoms with Gasteiger partial charge in [0.1, 0.15) is 24.2 Å². The van der Waals surface area contributed by atoms with Gasteiger partial charge in [-0.15, -0.1) is 0 Å². The van der Waals surface area contributed by atoms with Crippen molar-refractivity contribution in [2.45, 2.75) is 46.3 Å². The number of amides is 1. The molecule has 4 rings (SSSR count). The largest absolute Gasteiger partial charge is 0.493 e. The lowest BCUT2D eigenvalue weighted by molar-refractivity contribution is 0.0947. The van der Waals surface area contributed by atoms with E-state index in [-0.39, 0.29) is 12.0 Å². The van der Waals surface area contributed by atoms with E-state index in [9.17, 15) is 4.79 Å². The number of carbonyl (C=O) groups is 1. The van der Waals surface area contributed by atoms with Gasteiger partial charge in [0, 0.05) is 30.5 Å². The van der Waals surface area contributed by atoms with E-state index in [1.54, 1.807) is 12.1 Å². The fraction of sp³-hybridized carbons (Fsp3) is 0.367. The molecule has 1 aliphatic rings. The highest BCUT2D eigenvalue weighted by Gasteiger charge is 2.29. The second kappa shape index (κ2) is 11.5. The standard InChI is InChI=1S/C30H35NO6/c1-18-19(2)28-24(20(3)27(18)36-17-21-10-8-7-9-11-21)16-23(37-28)12-13-31-30(32)22-14-25(33-4)29(35-6)26(15-22)34-5/h7-11,14-15,23H,12-13,16-17H2,1-6H3,(H,31,32). The Morgan fingerprint density at radius 2 is 1.59 bits per heavy atom. The molecule has 0 fully saturated rings. The highest BCUT2D eigenvalue weighted by molar-refractivity contribution is 5.95. The Kier molecular flexibility index (Phi) is 8.11. The number of ether oxygens (including phenoxy) is 5. The zero-order chi connectivity index (χ0) is 26.5. The zero-order valence-electron chi connectivity index (χ0n) is 22.4. The first-order chi connectivity index (χ1) is 17.9. The third-order valence-corrected chi connectivity index (χ3v) is 6.93. The molecule has 7 nitrogen and oxygen atoms in total. The Labute approximate surface area is 218 Å². The van der Waals surface area contributed by atoms with Crippen molar-refractivity contribution in [3.63, 3.8) is 0 Å². The molecular formula is C30H35NO6. The molecule has 0 radical (unpaired) electrons. The van der Waals surface area contributed by atoms with Crippen LogP contribution in [0.15, 0.2) is 42.5 Å². The van der Waals surface area contributed by atoms with Crippen LogP contribution in [0.25, 0.3) is 0 Å². The average Bonchev–Trinajstić information content (AvgIpc) is 3.36. The highest BCUT2D eigenvalue weighted by atomic mass is 16.5. The minimum absolute atomic E-state index is 0.0172. The maximum Gasteiger partial charge on any atom is 0.251 e. The number of fused-ring (bicyclic) bond motifs is 1. The summed E-state index contributed by atoms with van der Waals surface area (Å²) in [6.45, 7) is 7.26. The second-order valence-electron chi connectivity index (χ2n) is 9.19. The number of benzene rings is 3. The Morgan fingerprint density at radius 1 is 0.919 bits per heavy atom. The molecule has 1 N–H and O–H groups in total. The van der Waals surface area contributed by atoms with E-state index < -0.39 is 0 Å². The predicted molar refractivity (Wildman–Crippen MR) is 143 cm³/mol. The first-order valence-electron chi connectivity index (χ1n) is 12.4. The second-order valence-corrected chi connectivity index (χ2v) is 9.19. The van der Waals surface area contributed by atoms with Gasteiger partial charge in [-0.3, -0.25) is 4.79 Å². The lowest BCUT2D eigenvalue weighted by atomic mass is 9.95. The number of methoxy groups -OCH3 is 3. The summed E-state index contributed by atoms with van der Waals surface area (Å²) in [7, 11) is 4.58. The minimum Gasteiger partial charge on any atom is -0.493 e. The molecule has 0 saturated carbocycles. The van der Waals surface area contributed by atoms with Gasteiger partial charge in [0.05, 0.1) is 21.3 Å². The van der Waals surface area contributed by atoms with Crippen LogP contribution >= 0.6 is 0 Å². The number of carbonyl (C=O) groups excluding carboxylic acids is 1. The molecule has 3 aromatic rings. The van der Waals surface area contributed by atoms with Crippen molar-refractivity contribution in [3.8, 4) is 28.7 Å². The lowest BCUT2D eigenvalue weighted by Crippen LogP contribution is -2.28. The van der Waals surface area contributed by atoms with Crippen LogP contribution in [0, 0.1) is 20.8 Å². The number of nitrogens with one attached hydrogen (secondary N) is 1. The third-order valence-electron chi connectivity index (χ3n) is 6.93. The van der Waals surface area contributed by atoms with Crippen LogP contribution in [0.2, 0.25) is 0 Å². The molecule has 0 spiro atoms. The van der Waals surface area contributed by atoms with Crippen LogP contribution < -0.4 is 29.0 Å². The summed E-state index contributed by atoms with van der Waals surface area (Å²) in [6.07, 6.45) is 1.45. The topological polar surface area (TPSA) is 75.3 Å². The van der Waals surface area contributed by atoms with Gasteiger partial charge in [-0.2, -0.15) is 0 Å². The maximum atomic E-state index is 12.8. The molecule has 1 atom stereocenters. The molecule has 1 aliphatic heterocycles. The monoisotopic (exact) mass is 505 g/mol. The Balaban J connectivity index is 1.40. The summed E-state index contributed by atoms with van der Waals surface area (Å²) in [5.74, 6) is 2.99. The van der Waals surface area contributed by atoms with Crippen LogP contribution in [0.4, 0.5) is 0 Å². The summed E-state index contributed by atoms with van der Waals surface area (Å²) in [5.41, 5.74) is 6.09. The van der Waals surface area contributed by atoms with Gasteiger partial charge in [-0.05, 0) is 55.2 Å². The van der Waals surface area contributed by atoms with Crippen molar-refractivity contribution < 1.29 is 28.5 Å². The van der Waals surface area contributed by atoms with Crippen LogP contribution in [-0.4, -0.2) is 39.9 Å². The van der Waals surface area contributed by atoms with Gasteiger partial charge >= 0.3 is 0 Å². The maximum absolute atomic E-state index is 12.8. The van der Waals surface area contributed by atoms with Crippen LogP contribution in [0.3, 0.4) is 0 Å². The Bertz CT molecular complexity index is 1250.